The third-order valence-corrected chi connectivity index (χ3v) is 4.56. The fourth-order valence-electron chi connectivity index (χ4n) is 2.27. The van der Waals surface area contributed by atoms with E-state index in [1.807, 2.05) is 10.8 Å². The van der Waals surface area contributed by atoms with Gasteiger partial charge >= 0.3 is 0 Å². The Hall–Kier alpha value is -2.43. The highest BCUT2D eigenvalue weighted by Crippen LogP contribution is 2.33. The molecule has 0 aliphatic heterocycles. The molecule has 1 amide bonds. The zero-order valence-electron chi connectivity index (χ0n) is 13.4. The second-order valence-corrected chi connectivity index (χ2v) is 7.60. The number of amides is 1. The Bertz CT molecular complexity index is 984. The van der Waals surface area contributed by atoms with E-state index in [1.54, 1.807) is 12.1 Å². The van der Waals surface area contributed by atoms with E-state index in [2.05, 4.69) is 0 Å². The van der Waals surface area contributed by atoms with Gasteiger partial charge in [-0.25, -0.2) is 12.8 Å². The normalized spacial score (nSPS) is 12.3. The third kappa shape index (κ3) is 4.35. The number of halogens is 2. The molecule has 0 heterocycles. The fraction of sp³-hybridized carbons (Fsp3) is 0.176. The van der Waals surface area contributed by atoms with Crippen molar-refractivity contribution in [1.29, 1.82) is 5.26 Å². The standard InChI is InChI=1S/C17H14ClFN2O3S/c1-10(17(22)21-25(2,23)24)11-6-7-13(15(19)8-11)14-5-3-4-12(9-20)16(14)18/h3-8,10H,1-2H3,(H,21,22). The molecule has 0 aromatic heterocycles. The van der Waals surface area contributed by atoms with Gasteiger partial charge in [0.25, 0.3) is 0 Å². The monoisotopic (exact) mass is 380 g/mol. The van der Waals surface area contributed by atoms with E-state index in [1.165, 1.54) is 25.1 Å². The molecule has 0 radical (unpaired) electrons. The summed E-state index contributed by atoms with van der Waals surface area (Å²) >= 11 is 6.12. The molecule has 0 saturated carbocycles. The topological polar surface area (TPSA) is 87.0 Å². The van der Waals surface area contributed by atoms with Crippen molar-refractivity contribution in [2.75, 3.05) is 6.26 Å². The Balaban J connectivity index is 2.39. The van der Waals surface area contributed by atoms with Gasteiger partial charge in [-0.2, -0.15) is 5.26 Å². The lowest BCUT2D eigenvalue weighted by atomic mass is 9.96. The summed E-state index contributed by atoms with van der Waals surface area (Å²) in [7, 11) is -3.69. The van der Waals surface area contributed by atoms with E-state index in [0.29, 0.717) is 11.1 Å². The van der Waals surface area contributed by atoms with Crippen LogP contribution in [0.3, 0.4) is 0 Å². The van der Waals surface area contributed by atoms with Crippen LogP contribution >= 0.6 is 11.6 Å². The molecule has 25 heavy (non-hydrogen) atoms. The number of nitriles is 1. The van der Waals surface area contributed by atoms with Gasteiger partial charge in [-0.1, -0.05) is 35.9 Å². The van der Waals surface area contributed by atoms with Crippen molar-refractivity contribution in [1.82, 2.24) is 4.72 Å². The lowest BCUT2D eigenvalue weighted by molar-refractivity contribution is -0.120. The molecule has 0 aliphatic rings. The third-order valence-electron chi connectivity index (χ3n) is 3.58. The zero-order valence-corrected chi connectivity index (χ0v) is 15.0. The van der Waals surface area contributed by atoms with E-state index in [4.69, 9.17) is 16.9 Å². The number of hydrogen-bond donors (Lipinski definition) is 1. The Morgan fingerprint density at radius 1 is 1.28 bits per heavy atom. The molecule has 5 nitrogen and oxygen atoms in total. The van der Waals surface area contributed by atoms with Crippen LogP contribution in [-0.2, 0) is 14.8 Å². The van der Waals surface area contributed by atoms with E-state index in [0.717, 1.165) is 12.3 Å². The first-order chi connectivity index (χ1) is 11.6. The number of sulfonamides is 1. The quantitative estimate of drug-likeness (QED) is 0.882. The molecule has 0 bridgehead atoms. The van der Waals surface area contributed by atoms with Gasteiger partial charge in [0.15, 0.2) is 0 Å². The summed E-state index contributed by atoms with van der Waals surface area (Å²) in [5.41, 5.74) is 1.08. The molecule has 0 spiro atoms. The maximum atomic E-state index is 14.5. The average molecular weight is 381 g/mol. The molecule has 1 unspecified atom stereocenters. The first-order valence-corrected chi connectivity index (χ1v) is 9.41. The van der Waals surface area contributed by atoms with Crippen LogP contribution in [0.4, 0.5) is 4.39 Å². The van der Waals surface area contributed by atoms with Gasteiger partial charge in [-0.3, -0.25) is 9.52 Å². The van der Waals surface area contributed by atoms with Crippen LogP contribution in [0.5, 0.6) is 0 Å². The van der Waals surface area contributed by atoms with Crippen molar-refractivity contribution >= 4 is 27.5 Å². The molecule has 0 saturated heterocycles. The van der Waals surface area contributed by atoms with Crippen LogP contribution in [0.2, 0.25) is 5.02 Å². The summed E-state index contributed by atoms with van der Waals surface area (Å²) < 4.78 is 38.7. The molecule has 0 aliphatic carbocycles. The SMILES string of the molecule is CC(C(=O)NS(C)(=O)=O)c1ccc(-c2cccc(C#N)c2Cl)c(F)c1. The summed E-state index contributed by atoms with van der Waals surface area (Å²) in [5, 5.41) is 9.15. The van der Waals surface area contributed by atoms with Gasteiger partial charge in [-0.15, -0.1) is 0 Å². The minimum absolute atomic E-state index is 0.138. The Kier molecular flexibility index (Phi) is 5.45. The second kappa shape index (κ2) is 7.21. The molecule has 2 aromatic rings. The summed E-state index contributed by atoms with van der Waals surface area (Å²) in [4.78, 5) is 11.9. The number of rotatable bonds is 4. The number of carbonyl (C=O) groups excluding carboxylic acids is 1. The van der Waals surface area contributed by atoms with Crippen LogP contribution in [0.15, 0.2) is 36.4 Å². The lowest BCUT2D eigenvalue weighted by Gasteiger charge is -2.13. The van der Waals surface area contributed by atoms with E-state index >= 15 is 0 Å². The minimum atomic E-state index is -3.69. The highest BCUT2D eigenvalue weighted by atomic mass is 35.5. The maximum absolute atomic E-state index is 14.5. The minimum Gasteiger partial charge on any atom is -0.273 e. The molecule has 130 valence electrons. The molecule has 2 rings (SSSR count). The van der Waals surface area contributed by atoms with Crippen LogP contribution in [0, 0.1) is 17.1 Å². The molecule has 8 heteroatoms. The highest BCUT2D eigenvalue weighted by Gasteiger charge is 2.20. The van der Waals surface area contributed by atoms with Crippen LogP contribution < -0.4 is 4.72 Å². The predicted octanol–water partition coefficient (Wildman–Crippen LogP) is 3.20. The molecular formula is C17H14ClFN2O3S. The molecule has 2 aromatic carbocycles. The number of benzene rings is 2. The smallest absolute Gasteiger partial charge is 0.240 e. The lowest BCUT2D eigenvalue weighted by Crippen LogP contribution is -2.32. The Morgan fingerprint density at radius 3 is 2.52 bits per heavy atom. The van der Waals surface area contributed by atoms with Gasteiger partial charge in [0.05, 0.1) is 22.8 Å². The fourth-order valence-corrected chi connectivity index (χ4v) is 3.08. The number of nitrogens with zero attached hydrogens (tertiary/aromatic N) is 1. The predicted molar refractivity (Wildman–Crippen MR) is 93.0 cm³/mol. The molecule has 1 atom stereocenters. The molecular weight excluding hydrogens is 367 g/mol. The van der Waals surface area contributed by atoms with Crippen molar-refractivity contribution in [3.8, 4) is 17.2 Å². The second-order valence-electron chi connectivity index (χ2n) is 5.48. The van der Waals surface area contributed by atoms with Crippen molar-refractivity contribution in [3.63, 3.8) is 0 Å². The van der Waals surface area contributed by atoms with Gasteiger partial charge < -0.3 is 0 Å². The summed E-state index contributed by atoms with van der Waals surface area (Å²) in [5.74, 6) is -2.24. The van der Waals surface area contributed by atoms with Crippen molar-refractivity contribution in [3.05, 3.63) is 58.4 Å². The van der Waals surface area contributed by atoms with Crippen LogP contribution in [-0.4, -0.2) is 20.6 Å². The van der Waals surface area contributed by atoms with Gasteiger partial charge in [0.2, 0.25) is 15.9 Å². The van der Waals surface area contributed by atoms with Crippen LogP contribution in [0.25, 0.3) is 11.1 Å². The summed E-state index contributed by atoms with van der Waals surface area (Å²) in [6, 6.07) is 10.7. The number of nitrogens with one attached hydrogen (secondary N) is 1. The maximum Gasteiger partial charge on any atom is 0.240 e. The molecule has 1 N–H and O–H groups in total. The Labute approximate surface area is 150 Å². The van der Waals surface area contributed by atoms with Crippen molar-refractivity contribution in [2.24, 2.45) is 0 Å². The number of hydrogen-bond acceptors (Lipinski definition) is 4. The van der Waals surface area contributed by atoms with Gasteiger partial charge in [0, 0.05) is 11.1 Å². The first-order valence-electron chi connectivity index (χ1n) is 7.14. The van der Waals surface area contributed by atoms with Crippen LogP contribution in [0.1, 0.15) is 24.0 Å². The first kappa shape index (κ1) is 18.9. The summed E-state index contributed by atoms with van der Waals surface area (Å²) in [6.45, 7) is 1.47. The van der Waals surface area contributed by atoms with E-state index in [-0.39, 0.29) is 16.1 Å². The largest absolute Gasteiger partial charge is 0.273 e. The molecule has 0 fully saturated rings. The van der Waals surface area contributed by atoms with Crippen molar-refractivity contribution < 1.29 is 17.6 Å². The van der Waals surface area contributed by atoms with E-state index in [9.17, 15) is 17.6 Å². The van der Waals surface area contributed by atoms with Gasteiger partial charge in [-0.05, 0) is 24.6 Å². The highest BCUT2D eigenvalue weighted by molar-refractivity contribution is 7.89. The van der Waals surface area contributed by atoms with Gasteiger partial charge in [0.1, 0.15) is 11.9 Å². The number of carbonyl (C=O) groups is 1. The Morgan fingerprint density at radius 2 is 1.96 bits per heavy atom. The van der Waals surface area contributed by atoms with Crippen molar-refractivity contribution in [2.45, 2.75) is 12.8 Å². The zero-order chi connectivity index (χ0) is 18.8. The summed E-state index contributed by atoms with van der Waals surface area (Å²) in [6.07, 6.45) is 0.867. The average Bonchev–Trinajstić information content (AvgIpc) is 2.53. The van der Waals surface area contributed by atoms with E-state index < -0.39 is 27.7 Å².